The Labute approximate surface area is 75.0 Å². The predicted molar refractivity (Wildman–Crippen MR) is 51.3 cm³/mol. The maximum absolute atomic E-state index is 5.65. The molecule has 1 aliphatic heterocycles. The Morgan fingerprint density at radius 2 is 2.42 bits per heavy atom. The maximum atomic E-state index is 5.65. The van der Waals surface area contributed by atoms with Gasteiger partial charge in [-0.3, -0.25) is 0 Å². The quantitative estimate of drug-likeness (QED) is 0.649. The standard InChI is InChI=1S/C10H19NO/c1-9(2)5-7-12-10-4-3-6-11-8-10/h5,10-11H,3-4,6-8H2,1-2H3/t10-/m0/s1. The third kappa shape index (κ3) is 3.88. The van der Waals surface area contributed by atoms with Crippen LogP contribution in [-0.4, -0.2) is 25.8 Å². The first-order valence-electron chi connectivity index (χ1n) is 4.74. The number of hydrogen-bond donors (Lipinski definition) is 1. The van der Waals surface area contributed by atoms with E-state index in [-0.39, 0.29) is 0 Å². The van der Waals surface area contributed by atoms with E-state index in [4.69, 9.17) is 4.74 Å². The van der Waals surface area contributed by atoms with Crippen molar-refractivity contribution in [1.82, 2.24) is 5.32 Å². The Kier molecular flexibility index (Phi) is 4.33. The molecule has 0 aliphatic carbocycles. The minimum absolute atomic E-state index is 0.439. The van der Waals surface area contributed by atoms with E-state index in [1.54, 1.807) is 0 Å². The second-order valence-corrected chi connectivity index (χ2v) is 3.58. The van der Waals surface area contributed by atoms with Crippen molar-refractivity contribution in [2.24, 2.45) is 0 Å². The third-order valence-electron chi connectivity index (χ3n) is 2.08. The minimum atomic E-state index is 0.439. The summed E-state index contributed by atoms with van der Waals surface area (Å²) in [5.74, 6) is 0. The number of ether oxygens (including phenoxy) is 1. The van der Waals surface area contributed by atoms with Gasteiger partial charge in [0.2, 0.25) is 0 Å². The van der Waals surface area contributed by atoms with Crippen molar-refractivity contribution in [2.75, 3.05) is 19.7 Å². The molecule has 1 aliphatic rings. The molecule has 0 aromatic heterocycles. The summed E-state index contributed by atoms with van der Waals surface area (Å²) in [6.45, 7) is 7.15. The van der Waals surface area contributed by atoms with Crippen LogP contribution in [-0.2, 0) is 4.74 Å². The molecule has 1 atom stereocenters. The topological polar surface area (TPSA) is 21.3 Å². The first-order chi connectivity index (χ1) is 5.79. The fourth-order valence-corrected chi connectivity index (χ4v) is 1.31. The van der Waals surface area contributed by atoms with Crippen molar-refractivity contribution in [2.45, 2.75) is 32.8 Å². The molecule has 0 radical (unpaired) electrons. The van der Waals surface area contributed by atoms with Crippen LogP contribution in [0.2, 0.25) is 0 Å². The Hall–Kier alpha value is -0.340. The van der Waals surface area contributed by atoms with Crippen molar-refractivity contribution in [3.8, 4) is 0 Å². The van der Waals surface area contributed by atoms with Gasteiger partial charge in [-0.05, 0) is 33.2 Å². The lowest BCUT2D eigenvalue weighted by atomic mass is 10.1. The molecule has 2 nitrogen and oxygen atoms in total. The number of piperidine rings is 1. The van der Waals surface area contributed by atoms with Gasteiger partial charge in [0, 0.05) is 6.54 Å². The van der Waals surface area contributed by atoms with Crippen LogP contribution in [0.3, 0.4) is 0 Å². The van der Waals surface area contributed by atoms with Crippen LogP contribution in [0.4, 0.5) is 0 Å². The second kappa shape index (κ2) is 5.33. The summed E-state index contributed by atoms with van der Waals surface area (Å²) in [5.41, 5.74) is 1.33. The fourth-order valence-electron chi connectivity index (χ4n) is 1.31. The summed E-state index contributed by atoms with van der Waals surface area (Å²) in [5, 5.41) is 3.33. The predicted octanol–water partition coefficient (Wildman–Crippen LogP) is 1.72. The molecule has 0 spiro atoms. The molecule has 1 N–H and O–H groups in total. The molecule has 0 amide bonds. The molecule has 0 aromatic carbocycles. The van der Waals surface area contributed by atoms with Gasteiger partial charge >= 0.3 is 0 Å². The summed E-state index contributed by atoms with van der Waals surface area (Å²) in [7, 11) is 0. The molecule has 12 heavy (non-hydrogen) atoms. The first kappa shape index (κ1) is 9.75. The molecule has 0 aromatic rings. The van der Waals surface area contributed by atoms with E-state index < -0.39 is 0 Å². The van der Waals surface area contributed by atoms with Crippen LogP contribution in [0.5, 0.6) is 0 Å². The highest BCUT2D eigenvalue weighted by Crippen LogP contribution is 2.05. The minimum Gasteiger partial charge on any atom is -0.373 e. The van der Waals surface area contributed by atoms with Crippen LogP contribution in [0, 0.1) is 0 Å². The van der Waals surface area contributed by atoms with E-state index >= 15 is 0 Å². The Bertz CT molecular complexity index is 144. The lowest BCUT2D eigenvalue weighted by Gasteiger charge is -2.22. The maximum Gasteiger partial charge on any atom is 0.0704 e. The summed E-state index contributed by atoms with van der Waals surface area (Å²) in [6, 6.07) is 0. The van der Waals surface area contributed by atoms with Gasteiger partial charge in [-0.15, -0.1) is 0 Å². The number of rotatable bonds is 3. The van der Waals surface area contributed by atoms with Gasteiger partial charge < -0.3 is 10.1 Å². The molecule has 1 fully saturated rings. The largest absolute Gasteiger partial charge is 0.373 e. The van der Waals surface area contributed by atoms with E-state index in [1.807, 2.05) is 0 Å². The van der Waals surface area contributed by atoms with Crippen LogP contribution in [0.15, 0.2) is 11.6 Å². The van der Waals surface area contributed by atoms with Crippen molar-refractivity contribution in [3.63, 3.8) is 0 Å². The summed E-state index contributed by atoms with van der Waals surface area (Å²) in [4.78, 5) is 0. The smallest absolute Gasteiger partial charge is 0.0704 e. The van der Waals surface area contributed by atoms with E-state index in [1.165, 1.54) is 18.4 Å². The Balaban J connectivity index is 2.09. The van der Waals surface area contributed by atoms with Gasteiger partial charge in [0.1, 0.15) is 0 Å². The Morgan fingerprint density at radius 1 is 1.58 bits per heavy atom. The Morgan fingerprint density at radius 3 is 3.00 bits per heavy atom. The average molecular weight is 169 g/mol. The molecule has 70 valence electrons. The summed E-state index contributed by atoms with van der Waals surface area (Å²) < 4.78 is 5.65. The summed E-state index contributed by atoms with van der Waals surface area (Å²) >= 11 is 0. The molecule has 1 saturated heterocycles. The van der Waals surface area contributed by atoms with Crippen molar-refractivity contribution in [1.29, 1.82) is 0 Å². The van der Waals surface area contributed by atoms with Crippen LogP contribution in [0.1, 0.15) is 26.7 Å². The van der Waals surface area contributed by atoms with Gasteiger partial charge in [0.15, 0.2) is 0 Å². The van der Waals surface area contributed by atoms with E-state index in [2.05, 4.69) is 25.2 Å². The van der Waals surface area contributed by atoms with E-state index in [0.717, 1.165) is 19.7 Å². The molecule has 0 unspecified atom stereocenters. The molecule has 1 heterocycles. The second-order valence-electron chi connectivity index (χ2n) is 3.58. The third-order valence-corrected chi connectivity index (χ3v) is 2.08. The molecule has 0 saturated carbocycles. The zero-order valence-electron chi connectivity index (χ0n) is 8.10. The SMILES string of the molecule is CC(C)=CCO[C@H]1CCCNC1. The normalized spacial score (nSPS) is 23.7. The van der Waals surface area contributed by atoms with Gasteiger partial charge in [-0.25, -0.2) is 0 Å². The molecule has 2 heteroatoms. The highest BCUT2D eigenvalue weighted by Gasteiger charge is 2.11. The fraction of sp³-hybridized carbons (Fsp3) is 0.800. The highest BCUT2D eigenvalue weighted by atomic mass is 16.5. The number of nitrogens with one attached hydrogen (secondary N) is 1. The molecular formula is C10H19NO. The average Bonchev–Trinajstić information content (AvgIpc) is 2.05. The molecular weight excluding hydrogens is 150 g/mol. The van der Waals surface area contributed by atoms with Crippen LogP contribution in [0.25, 0.3) is 0 Å². The lowest BCUT2D eigenvalue weighted by molar-refractivity contribution is 0.0556. The number of allylic oxidation sites excluding steroid dienone is 1. The summed E-state index contributed by atoms with van der Waals surface area (Å²) in [6.07, 6.45) is 5.03. The van der Waals surface area contributed by atoms with Crippen molar-refractivity contribution < 1.29 is 4.74 Å². The zero-order valence-corrected chi connectivity index (χ0v) is 8.10. The van der Waals surface area contributed by atoms with Crippen LogP contribution < -0.4 is 5.32 Å². The van der Waals surface area contributed by atoms with Gasteiger partial charge in [0.05, 0.1) is 12.7 Å². The zero-order chi connectivity index (χ0) is 8.81. The van der Waals surface area contributed by atoms with Crippen molar-refractivity contribution in [3.05, 3.63) is 11.6 Å². The van der Waals surface area contributed by atoms with Gasteiger partial charge in [0.25, 0.3) is 0 Å². The number of hydrogen-bond acceptors (Lipinski definition) is 2. The van der Waals surface area contributed by atoms with Crippen LogP contribution >= 0.6 is 0 Å². The van der Waals surface area contributed by atoms with Gasteiger partial charge in [-0.1, -0.05) is 11.6 Å². The monoisotopic (exact) mass is 169 g/mol. The first-order valence-corrected chi connectivity index (χ1v) is 4.74. The lowest BCUT2D eigenvalue weighted by Crippen LogP contribution is -2.35. The van der Waals surface area contributed by atoms with Crippen molar-refractivity contribution >= 4 is 0 Å². The van der Waals surface area contributed by atoms with E-state index in [0.29, 0.717) is 6.10 Å². The van der Waals surface area contributed by atoms with Gasteiger partial charge in [-0.2, -0.15) is 0 Å². The van der Waals surface area contributed by atoms with E-state index in [9.17, 15) is 0 Å². The molecule has 0 bridgehead atoms. The highest BCUT2D eigenvalue weighted by molar-refractivity contribution is 4.93. The molecule has 1 rings (SSSR count).